The Balaban J connectivity index is 1.58. The molecule has 0 radical (unpaired) electrons. The van der Waals surface area contributed by atoms with Crippen LogP contribution in [0.2, 0.25) is 0 Å². The summed E-state index contributed by atoms with van der Waals surface area (Å²) in [6.45, 7) is 13.5. The Bertz CT molecular complexity index is 944. The van der Waals surface area contributed by atoms with Crippen molar-refractivity contribution >= 4 is 17.7 Å². The molecule has 1 heterocycles. The van der Waals surface area contributed by atoms with E-state index in [0.717, 1.165) is 18.5 Å². The molecule has 2 amide bonds. The number of ether oxygens (including phenoxy) is 1. The highest BCUT2D eigenvalue weighted by atomic mass is 16.6. The smallest absolute Gasteiger partial charge is 0.410 e. The maximum absolute atomic E-state index is 12.7. The zero-order valence-corrected chi connectivity index (χ0v) is 20.2. The van der Waals surface area contributed by atoms with Gasteiger partial charge in [-0.3, -0.25) is 4.79 Å². The third kappa shape index (κ3) is 6.35. The normalized spacial score (nSPS) is 15.4. The first-order chi connectivity index (χ1) is 14.9. The number of benzene rings is 2. The van der Waals surface area contributed by atoms with Crippen LogP contribution in [0.5, 0.6) is 0 Å². The summed E-state index contributed by atoms with van der Waals surface area (Å²) in [5.74, 6) is 0.275. The van der Waals surface area contributed by atoms with Crippen LogP contribution in [0.3, 0.4) is 0 Å². The number of carbonyl (C=O) groups is 2. The fourth-order valence-electron chi connectivity index (χ4n) is 3.90. The van der Waals surface area contributed by atoms with E-state index >= 15 is 0 Å². The van der Waals surface area contributed by atoms with Gasteiger partial charge in [-0.05, 0) is 80.3 Å². The summed E-state index contributed by atoms with van der Waals surface area (Å²) in [6.07, 6.45) is 1.55. The lowest BCUT2D eigenvalue weighted by Gasteiger charge is -2.33. The monoisotopic (exact) mass is 436 g/mol. The number of anilines is 1. The van der Waals surface area contributed by atoms with Gasteiger partial charge in [0.1, 0.15) is 5.60 Å². The number of hydrogen-bond donors (Lipinski definition) is 1. The quantitative estimate of drug-likeness (QED) is 0.610. The average molecular weight is 437 g/mol. The van der Waals surface area contributed by atoms with Crippen molar-refractivity contribution in [1.82, 2.24) is 4.90 Å². The highest BCUT2D eigenvalue weighted by Gasteiger charge is 2.27. The molecular weight excluding hydrogens is 400 g/mol. The van der Waals surface area contributed by atoms with Crippen molar-refractivity contribution in [3.05, 3.63) is 65.2 Å². The molecule has 0 aromatic heterocycles. The Morgan fingerprint density at radius 2 is 1.56 bits per heavy atom. The van der Waals surface area contributed by atoms with Gasteiger partial charge in [0.25, 0.3) is 5.91 Å². The Kier molecular flexibility index (Phi) is 6.97. The molecule has 3 rings (SSSR count). The summed E-state index contributed by atoms with van der Waals surface area (Å²) in [5.41, 5.74) is 3.39. The van der Waals surface area contributed by atoms with Gasteiger partial charge in [-0.2, -0.15) is 0 Å². The van der Waals surface area contributed by atoms with Crippen LogP contribution in [-0.4, -0.2) is 35.6 Å². The SMILES string of the molecule is CC(C)(C)OC(=O)N1CCC(c2ccc(C(=O)Nc3cccc(C(C)(C)C)c3)cc2)CC1. The van der Waals surface area contributed by atoms with E-state index in [1.165, 1.54) is 11.1 Å². The summed E-state index contributed by atoms with van der Waals surface area (Å²) in [4.78, 5) is 26.8. The summed E-state index contributed by atoms with van der Waals surface area (Å²) < 4.78 is 5.48. The molecule has 0 atom stereocenters. The molecule has 0 aliphatic carbocycles. The standard InChI is InChI=1S/C27H36N2O3/c1-26(2,3)22-8-7-9-23(18-22)28-24(30)21-12-10-19(11-13-21)20-14-16-29(17-15-20)25(31)32-27(4,5)6/h7-13,18,20H,14-17H2,1-6H3,(H,28,30). The Morgan fingerprint density at radius 3 is 2.12 bits per heavy atom. The van der Waals surface area contributed by atoms with E-state index in [4.69, 9.17) is 4.74 Å². The predicted molar refractivity (Wildman–Crippen MR) is 129 cm³/mol. The van der Waals surface area contributed by atoms with Gasteiger partial charge in [-0.25, -0.2) is 4.79 Å². The molecule has 0 bridgehead atoms. The lowest BCUT2D eigenvalue weighted by molar-refractivity contribution is 0.0204. The second kappa shape index (κ2) is 9.35. The van der Waals surface area contributed by atoms with E-state index in [2.05, 4.69) is 32.2 Å². The van der Waals surface area contributed by atoms with E-state index in [9.17, 15) is 9.59 Å². The second-order valence-electron chi connectivity index (χ2n) is 10.6. The molecule has 1 fully saturated rings. The Hall–Kier alpha value is -2.82. The molecule has 1 aliphatic rings. The minimum Gasteiger partial charge on any atom is -0.444 e. The molecule has 0 unspecified atom stereocenters. The topological polar surface area (TPSA) is 58.6 Å². The minimum absolute atomic E-state index is 0.0292. The first kappa shape index (κ1) is 23.8. The third-order valence-electron chi connectivity index (χ3n) is 5.78. The molecule has 2 aromatic rings. The van der Waals surface area contributed by atoms with Gasteiger partial charge in [-0.1, -0.05) is 45.0 Å². The number of hydrogen-bond acceptors (Lipinski definition) is 3. The zero-order chi connectivity index (χ0) is 23.5. The van der Waals surface area contributed by atoms with Crippen molar-refractivity contribution in [2.24, 2.45) is 0 Å². The number of carbonyl (C=O) groups excluding carboxylic acids is 2. The first-order valence-corrected chi connectivity index (χ1v) is 11.4. The first-order valence-electron chi connectivity index (χ1n) is 11.4. The number of piperidine rings is 1. The minimum atomic E-state index is -0.474. The van der Waals surface area contributed by atoms with Crippen molar-refractivity contribution in [3.63, 3.8) is 0 Å². The van der Waals surface area contributed by atoms with Gasteiger partial charge in [0.2, 0.25) is 0 Å². The summed E-state index contributed by atoms with van der Waals surface area (Å²) in [6, 6.07) is 15.9. The maximum Gasteiger partial charge on any atom is 0.410 e. The van der Waals surface area contributed by atoms with E-state index < -0.39 is 5.60 Å². The van der Waals surface area contributed by atoms with E-state index in [-0.39, 0.29) is 17.4 Å². The van der Waals surface area contributed by atoms with Crippen molar-refractivity contribution < 1.29 is 14.3 Å². The van der Waals surface area contributed by atoms with Crippen molar-refractivity contribution in [1.29, 1.82) is 0 Å². The zero-order valence-electron chi connectivity index (χ0n) is 20.2. The van der Waals surface area contributed by atoms with Crippen LogP contribution in [-0.2, 0) is 10.2 Å². The molecule has 1 saturated heterocycles. The van der Waals surface area contributed by atoms with Crippen LogP contribution in [0.1, 0.15) is 81.8 Å². The van der Waals surface area contributed by atoms with Crippen molar-refractivity contribution in [3.8, 4) is 0 Å². The number of nitrogens with zero attached hydrogens (tertiary/aromatic N) is 1. The van der Waals surface area contributed by atoms with Crippen LogP contribution in [0.25, 0.3) is 0 Å². The lowest BCUT2D eigenvalue weighted by atomic mass is 9.87. The summed E-state index contributed by atoms with van der Waals surface area (Å²) >= 11 is 0. The number of amides is 2. The van der Waals surface area contributed by atoms with Crippen LogP contribution in [0, 0.1) is 0 Å². The molecule has 5 nitrogen and oxygen atoms in total. The summed E-state index contributed by atoms with van der Waals surface area (Å²) in [5, 5.41) is 3.01. The molecule has 2 aromatic carbocycles. The Labute approximate surface area is 192 Å². The molecule has 32 heavy (non-hydrogen) atoms. The number of likely N-dealkylation sites (tertiary alicyclic amines) is 1. The van der Waals surface area contributed by atoms with E-state index in [0.29, 0.717) is 24.6 Å². The molecule has 0 saturated carbocycles. The largest absolute Gasteiger partial charge is 0.444 e. The maximum atomic E-state index is 12.7. The predicted octanol–water partition coefficient (Wildman–Crippen LogP) is 6.35. The molecule has 1 N–H and O–H groups in total. The van der Waals surface area contributed by atoms with Crippen LogP contribution in [0.4, 0.5) is 10.5 Å². The van der Waals surface area contributed by atoms with Crippen LogP contribution < -0.4 is 5.32 Å². The molecular formula is C27H36N2O3. The third-order valence-corrected chi connectivity index (χ3v) is 5.78. The van der Waals surface area contributed by atoms with Gasteiger partial charge in [0.15, 0.2) is 0 Å². The summed E-state index contributed by atoms with van der Waals surface area (Å²) in [7, 11) is 0. The lowest BCUT2D eigenvalue weighted by Crippen LogP contribution is -2.41. The molecule has 172 valence electrons. The average Bonchev–Trinajstić information content (AvgIpc) is 2.72. The van der Waals surface area contributed by atoms with Gasteiger partial charge >= 0.3 is 6.09 Å². The fraction of sp³-hybridized carbons (Fsp3) is 0.481. The van der Waals surface area contributed by atoms with Gasteiger partial charge in [0, 0.05) is 24.3 Å². The van der Waals surface area contributed by atoms with Crippen molar-refractivity contribution in [2.45, 2.75) is 71.3 Å². The van der Waals surface area contributed by atoms with Crippen LogP contribution in [0.15, 0.2) is 48.5 Å². The van der Waals surface area contributed by atoms with Gasteiger partial charge in [-0.15, -0.1) is 0 Å². The highest BCUT2D eigenvalue weighted by molar-refractivity contribution is 6.04. The Morgan fingerprint density at radius 1 is 0.938 bits per heavy atom. The second-order valence-corrected chi connectivity index (χ2v) is 10.6. The van der Waals surface area contributed by atoms with E-state index in [1.54, 1.807) is 4.90 Å². The van der Waals surface area contributed by atoms with Gasteiger partial charge < -0.3 is 15.0 Å². The van der Waals surface area contributed by atoms with E-state index in [1.807, 2.05) is 63.2 Å². The molecule has 1 aliphatic heterocycles. The number of rotatable bonds is 3. The number of nitrogens with one attached hydrogen (secondary N) is 1. The van der Waals surface area contributed by atoms with Crippen LogP contribution >= 0.6 is 0 Å². The van der Waals surface area contributed by atoms with Gasteiger partial charge in [0.05, 0.1) is 0 Å². The fourth-order valence-corrected chi connectivity index (χ4v) is 3.90. The molecule has 0 spiro atoms. The highest BCUT2D eigenvalue weighted by Crippen LogP contribution is 2.29. The molecule has 5 heteroatoms. The van der Waals surface area contributed by atoms with Crippen molar-refractivity contribution in [2.75, 3.05) is 18.4 Å².